The van der Waals surface area contributed by atoms with Crippen LogP contribution in [0, 0.1) is 0 Å². The topological polar surface area (TPSA) is 52.6 Å². The highest BCUT2D eigenvalue weighted by Gasteiger charge is 2.15. The Morgan fingerprint density at radius 2 is 1.37 bits per heavy atom. The Hall–Kier alpha value is -3.40. The van der Waals surface area contributed by atoms with Crippen LogP contribution < -0.4 is 9.47 Å². The van der Waals surface area contributed by atoms with Gasteiger partial charge in [-0.2, -0.15) is 0 Å². The average molecular weight is 405 g/mol. The smallest absolute Gasteiger partial charge is 0.168 e. The van der Waals surface area contributed by atoms with Gasteiger partial charge in [-0.1, -0.05) is 66.7 Å². The van der Waals surface area contributed by atoms with Crippen molar-refractivity contribution in [3.8, 4) is 22.6 Å². The number of aryl methyl sites for hydroxylation is 1. The minimum Gasteiger partial charge on any atom is -0.493 e. The van der Waals surface area contributed by atoms with E-state index in [4.69, 9.17) is 9.47 Å². The summed E-state index contributed by atoms with van der Waals surface area (Å²) in [5.41, 5.74) is 3.62. The Morgan fingerprint density at radius 1 is 0.733 bits per heavy atom. The molecule has 0 atom stereocenters. The van der Waals surface area contributed by atoms with Crippen LogP contribution in [0.15, 0.2) is 72.8 Å². The maximum absolute atomic E-state index is 11.7. The zero-order chi connectivity index (χ0) is 21.9. The van der Waals surface area contributed by atoms with Crippen LogP contribution in [0.3, 0.4) is 0 Å². The lowest BCUT2D eigenvalue weighted by Gasteiger charge is -2.14. The lowest BCUT2D eigenvalue weighted by atomic mass is 9.96. The summed E-state index contributed by atoms with van der Waals surface area (Å²) in [7, 11) is 3.19. The molecule has 0 aliphatic rings. The molecule has 3 aromatic carbocycles. The molecule has 3 aromatic rings. The van der Waals surface area contributed by atoms with Crippen molar-refractivity contribution in [1.82, 2.24) is 0 Å². The summed E-state index contributed by atoms with van der Waals surface area (Å²) >= 11 is 0. The van der Waals surface area contributed by atoms with Crippen LogP contribution in [0.25, 0.3) is 11.1 Å². The van der Waals surface area contributed by atoms with Crippen molar-refractivity contribution in [1.29, 1.82) is 0 Å². The van der Waals surface area contributed by atoms with Gasteiger partial charge < -0.3 is 14.3 Å². The number of hydrogen-bond donors (Lipinski definition) is 0. The standard InChI is InChI=1S/C16H16O3.C10H12O/c1-11(17)12-7-4-5-8-13(12)14-9-6-10-15(18-2)16(14)19-3;1-9(11)7-8-10-5-3-2-4-6-10/h4-10H,1-3H3;2-6H,7-8H2,1H3. The van der Waals surface area contributed by atoms with E-state index >= 15 is 0 Å². The summed E-state index contributed by atoms with van der Waals surface area (Å²) in [6.07, 6.45) is 1.53. The van der Waals surface area contributed by atoms with Gasteiger partial charge in [-0.05, 0) is 37.5 Å². The van der Waals surface area contributed by atoms with Crippen LogP contribution in [0.4, 0.5) is 0 Å². The fourth-order valence-corrected chi connectivity index (χ4v) is 3.09. The maximum Gasteiger partial charge on any atom is 0.168 e. The number of rotatable bonds is 7. The predicted molar refractivity (Wildman–Crippen MR) is 120 cm³/mol. The van der Waals surface area contributed by atoms with E-state index in [0.29, 0.717) is 23.5 Å². The summed E-state index contributed by atoms with van der Waals surface area (Å²) in [6, 6.07) is 23.2. The lowest BCUT2D eigenvalue weighted by Crippen LogP contribution is -1.98. The van der Waals surface area contributed by atoms with Gasteiger partial charge in [0.05, 0.1) is 14.2 Å². The van der Waals surface area contributed by atoms with Crippen molar-refractivity contribution >= 4 is 11.6 Å². The third-order valence-corrected chi connectivity index (χ3v) is 4.61. The van der Waals surface area contributed by atoms with Gasteiger partial charge in [-0.3, -0.25) is 4.79 Å². The van der Waals surface area contributed by atoms with E-state index in [1.54, 1.807) is 28.1 Å². The van der Waals surface area contributed by atoms with E-state index in [-0.39, 0.29) is 11.6 Å². The number of ether oxygens (including phenoxy) is 2. The van der Waals surface area contributed by atoms with Gasteiger partial charge in [0.1, 0.15) is 5.78 Å². The molecule has 30 heavy (non-hydrogen) atoms. The number of methoxy groups -OCH3 is 2. The van der Waals surface area contributed by atoms with E-state index in [1.165, 1.54) is 5.56 Å². The SMILES string of the molecule is CC(=O)CCc1ccccc1.COc1cccc(-c2ccccc2C(C)=O)c1OC. The zero-order valence-electron chi connectivity index (χ0n) is 18.0. The summed E-state index contributed by atoms with van der Waals surface area (Å²) < 4.78 is 10.7. The van der Waals surface area contributed by atoms with E-state index in [9.17, 15) is 9.59 Å². The molecule has 0 saturated heterocycles. The maximum atomic E-state index is 11.7. The molecule has 0 spiro atoms. The number of ketones is 2. The molecule has 0 aliphatic heterocycles. The third-order valence-electron chi connectivity index (χ3n) is 4.61. The van der Waals surface area contributed by atoms with E-state index < -0.39 is 0 Å². The number of carbonyl (C=O) groups is 2. The van der Waals surface area contributed by atoms with Crippen LogP contribution in [-0.4, -0.2) is 25.8 Å². The fraction of sp³-hybridized carbons (Fsp3) is 0.231. The van der Waals surface area contributed by atoms with Gasteiger partial charge >= 0.3 is 0 Å². The van der Waals surface area contributed by atoms with Crippen molar-refractivity contribution < 1.29 is 19.1 Å². The van der Waals surface area contributed by atoms with Gasteiger partial charge in [0.15, 0.2) is 17.3 Å². The number of hydrogen-bond acceptors (Lipinski definition) is 4. The van der Waals surface area contributed by atoms with Gasteiger partial charge in [0.25, 0.3) is 0 Å². The summed E-state index contributed by atoms with van der Waals surface area (Å²) in [5.74, 6) is 1.58. The highest BCUT2D eigenvalue weighted by molar-refractivity contribution is 6.01. The van der Waals surface area contributed by atoms with Crippen LogP contribution in [0.5, 0.6) is 11.5 Å². The molecule has 0 aliphatic carbocycles. The Balaban J connectivity index is 0.000000248. The molecule has 0 radical (unpaired) electrons. The highest BCUT2D eigenvalue weighted by Crippen LogP contribution is 2.39. The first-order valence-corrected chi connectivity index (χ1v) is 9.82. The van der Waals surface area contributed by atoms with Gasteiger partial charge in [0.2, 0.25) is 0 Å². The zero-order valence-corrected chi connectivity index (χ0v) is 18.0. The minimum atomic E-state index is 0.0282. The first-order valence-electron chi connectivity index (χ1n) is 9.82. The fourth-order valence-electron chi connectivity index (χ4n) is 3.09. The van der Waals surface area contributed by atoms with Crippen molar-refractivity contribution in [2.24, 2.45) is 0 Å². The number of carbonyl (C=O) groups excluding carboxylic acids is 2. The highest BCUT2D eigenvalue weighted by atomic mass is 16.5. The molecule has 3 rings (SSSR count). The second-order valence-corrected chi connectivity index (χ2v) is 6.83. The lowest BCUT2D eigenvalue weighted by molar-refractivity contribution is -0.116. The molecular formula is C26H28O4. The van der Waals surface area contributed by atoms with E-state index in [0.717, 1.165) is 17.5 Å². The van der Waals surface area contributed by atoms with Crippen molar-refractivity contribution in [2.75, 3.05) is 14.2 Å². The van der Waals surface area contributed by atoms with Crippen molar-refractivity contribution in [3.05, 3.63) is 83.9 Å². The van der Waals surface area contributed by atoms with Crippen LogP contribution in [0.1, 0.15) is 36.2 Å². The van der Waals surface area contributed by atoms with Gasteiger partial charge in [-0.15, -0.1) is 0 Å². The molecule has 4 heteroatoms. The Kier molecular flexibility index (Phi) is 8.82. The molecule has 4 nitrogen and oxygen atoms in total. The first-order chi connectivity index (χ1) is 14.5. The van der Waals surface area contributed by atoms with Crippen LogP contribution in [0.2, 0.25) is 0 Å². The predicted octanol–water partition coefficient (Wildman–Crippen LogP) is 5.78. The van der Waals surface area contributed by atoms with Gasteiger partial charge in [0, 0.05) is 17.5 Å². The average Bonchev–Trinajstić information content (AvgIpc) is 2.78. The third kappa shape index (κ3) is 6.31. The second-order valence-electron chi connectivity index (χ2n) is 6.83. The number of Topliss-reactive ketones (excluding diaryl/α,β-unsaturated/α-hetero) is 2. The van der Waals surface area contributed by atoms with Crippen LogP contribution in [-0.2, 0) is 11.2 Å². The monoisotopic (exact) mass is 404 g/mol. The molecular weight excluding hydrogens is 376 g/mol. The molecule has 156 valence electrons. The van der Waals surface area contributed by atoms with E-state index in [1.807, 2.05) is 72.8 Å². The Bertz CT molecular complexity index is 977. The Labute approximate surface area is 178 Å². The summed E-state index contributed by atoms with van der Waals surface area (Å²) in [6.45, 7) is 3.19. The molecule has 0 aromatic heterocycles. The molecule has 0 N–H and O–H groups in total. The van der Waals surface area contributed by atoms with Crippen molar-refractivity contribution in [3.63, 3.8) is 0 Å². The molecule has 0 fully saturated rings. The Morgan fingerprint density at radius 3 is 1.97 bits per heavy atom. The second kappa shape index (κ2) is 11.6. The van der Waals surface area contributed by atoms with Crippen molar-refractivity contribution in [2.45, 2.75) is 26.7 Å². The van der Waals surface area contributed by atoms with E-state index in [2.05, 4.69) is 0 Å². The molecule has 0 amide bonds. The van der Waals surface area contributed by atoms with Gasteiger partial charge in [-0.25, -0.2) is 0 Å². The number of benzene rings is 3. The largest absolute Gasteiger partial charge is 0.493 e. The number of para-hydroxylation sites is 1. The quantitative estimate of drug-likeness (QED) is 0.468. The normalized spacial score (nSPS) is 9.87. The summed E-state index contributed by atoms with van der Waals surface area (Å²) in [5, 5.41) is 0. The minimum absolute atomic E-state index is 0.0282. The molecule has 0 heterocycles. The molecule has 0 saturated carbocycles. The van der Waals surface area contributed by atoms with Crippen LogP contribution >= 0.6 is 0 Å². The molecule has 0 bridgehead atoms. The summed E-state index contributed by atoms with van der Waals surface area (Å²) in [4.78, 5) is 22.3. The molecule has 0 unspecified atom stereocenters. The first kappa shape index (κ1) is 22.9.